The molecule has 1 amide bonds. The first-order valence-electron chi connectivity index (χ1n) is 9.72. The van der Waals surface area contributed by atoms with E-state index >= 15 is 0 Å². The molecule has 1 aromatic heterocycles. The van der Waals surface area contributed by atoms with Crippen LogP contribution in [-0.4, -0.2) is 28.8 Å². The summed E-state index contributed by atoms with van der Waals surface area (Å²) in [4.78, 5) is 28.7. The summed E-state index contributed by atoms with van der Waals surface area (Å²) in [7, 11) is 1.40. The second kappa shape index (κ2) is 8.98. The maximum atomic E-state index is 13.2. The molecule has 5 nitrogen and oxygen atoms in total. The smallest absolute Gasteiger partial charge is 0.295 e. The van der Waals surface area contributed by atoms with E-state index < -0.39 is 17.7 Å². The van der Waals surface area contributed by atoms with Gasteiger partial charge in [-0.25, -0.2) is 0 Å². The van der Waals surface area contributed by atoms with Gasteiger partial charge in [0.25, 0.3) is 11.7 Å². The maximum Gasteiger partial charge on any atom is 0.295 e. The van der Waals surface area contributed by atoms with Gasteiger partial charge in [0.05, 0.1) is 35.9 Å². The first-order valence-corrected chi connectivity index (χ1v) is 11.4. The van der Waals surface area contributed by atoms with Gasteiger partial charge in [-0.15, -0.1) is 11.3 Å². The number of carbonyl (C=O) groups excluding carboxylic acids is 2. The first kappa shape index (κ1) is 22.4. The molecule has 1 fully saturated rings. The van der Waals surface area contributed by atoms with Crippen molar-refractivity contribution in [3.05, 3.63) is 91.1 Å². The average Bonchev–Trinajstić information content (AvgIpc) is 3.35. The van der Waals surface area contributed by atoms with Gasteiger partial charge in [0.15, 0.2) is 0 Å². The molecule has 0 spiro atoms. The number of hydrogen-bond acceptors (Lipinski definition) is 5. The summed E-state index contributed by atoms with van der Waals surface area (Å²) in [5.74, 6) is -1.67. The first-order chi connectivity index (χ1) is 15.3. The highest BCUT2D eigenvalue weighted by molar-refractivity contribution is 7.09. The van der Waals surface area contributed by atoms with Crippen molar-refractivity contribution in [2.45, 2.75) is 19.5 Å². The number of Topliss-reactive ketones (excluding diaryl/α,β-unsaturated/α-hetero) is 1. The van der Waals surface area contributed by atoms with Crippen molar-refractivity contribution in [1.82, 2.24) is 4.90 Å². The molecule has 1 N–H and O–H groups in total. The number of likely N-dealkylation sites (tertiary alicyclic amines) is 1. The Labute approximate surface area is 199 Å². The highest BCUT2D eigenvalue weighted by atomic mass is 35.5. The highest BCUT2D eigenvalue weighted by Gasteiger charge is 2.46. The largest absolute Gasteiger partial charge is 0.507 e. The fourth-order valence-corrected chi connectivity index (χ4v) is 5.16. The second-order valence-corrected chi connectivity index (χ2v) is 9.26. The molecule has 164 valence electrons. The number of aryl methyl sites for hydroxylation is 1. The Morgan fingerprint density at radius 3 is 2.59 bits per heavy atom. The van der Waals surface area contributed by atoms with E-state index in [0.29, 0.717) is 0 Å². The molecular formula is C24H19Cl2NO4S. The van der Waals surface area contributed by atoms with Crippen molar-refractivity contribution in [3.63, 3.8) is 0 Å². The number of rotatable bonds is 5. The lowest BCUT2D eigenvalue weighted by molar-refractivity contribution is -0.140. The van der Waals surface area contributed by atoms with Crippen LogP contribution in [0.15, 0.2) is 59.5 Å². The Balaban J connectivity index is 1.95. The molecule has 1 atom stereocenters. The molecule has 2 heterocycles. The van der Waals surface area contributed by atoms with Crippen LogP contribution in [0.1, 0.15) is 27.6 Å². The number of nitrogens with zero attached hydrogens (tertiary/aromatic N) is 1. The Kier molecular flexibility index (Phi) is 6.29. The van der Waals surface area contributed by atoms with Crippen molar-refractivity contribution >= 4 is 52.0 Å². The zero-order valence-corrected chi connectivity index (χ0v) is 19.6. The summed E-state index contributed by atoms with van der Waals surface area (Å²) in [6.45, 7) is 2.17. The quantitative estimate of drug-likeness (QED) is 0.272. The number of carbonyl (C=O) groups is 2. The molecular weight excluding hydrogens is 469 g/mol. The molecule has 1 saturated heterocycles. The van der Waals surface area contributed by atoms with Gasteiger partial charge in [-0.3, -0.25) is 9.59 Å². The van der Waals surface area contributed by atoms with Crippen molar-refractivity contribution < 1.29 is 19.4 Å². The lowest BCUT2D eigenvalue weighted by atomic mass is 9.94. The van der Waals surface area contributed by atoms with Gasteiger partial charge in [0.2, 0.25) is 0 Å². The molecule has 32 heavy (non-hydrogen) atoms. The van der Waals surface area contributed by atoms with Gasteiger partial charge < -0.3 is 14.7 Å². The minimum atomic E-state index is -0.778. The number of aliphatic hydroxyl groups excluding tert-OH is 1. The van der Waals surface area contributed by atoms with Crippen LogP contribution in [0.2, 0.25) is 10.0 Å². The van der Waals surface area contributed by atoms with Gasteiger partial charge in [-0.2, -0.15) is 0 Å². The molecule has 8 heteroatoms. The van der Waals surface area contributed by atoms with Crippen LogP contribution in [0.5, 0.6) is 5.75 Å². The summed E-state index contributed by atoms with van der Waals surface area (Å²) in [5, 5.41) is 13.7. The van der Waals surface area contributed by atoms with Crippen LogP contribution in [0.25, 0.3) is 5.76 Å². The number of halogens is 2. The van der Waals surface area contributed by atoms with Crippen molar-refractivity contribution in [1.29, 1.82) is 0 Å². The molecule has 0 aliphatic carbocycles. The number of benzene rings is 2. The van der Waals surface area contributed by atoms with E-state index in [9.17, 15) is 14.7 Å². The van der Waals surface area contributed by atoms with Crippen molar-refractivity contribution in [2.24, 2.45) is 0 Å². The second-order valence-electron chi connectivity index (χ2n) is 7.39. The van der Waals surface area contributed by atoms with Crippen LogP contribution in [0, 0.1) is 6.92 Å². The minimum Gasteiger partial charge on any atom is -0.507 e. The summed E-state index contributed by atoms with van der Waals surface area (Å²) in [5.41, 5.74) is 1.80. The number of thiophene rings is 1. The lowest BCUT2D eigenvalue weighted by Crippen LogP contribution is -2.28. The summed E-state index contributed by atoms with van der Waals surface area (Å²) < 4.78 is 5.35. The monoisotopic (exact) mass is 487 g/mol. The zero-order chi connectivity index (χ0) is 23.0. The third-order valence-electron chi connectivity index (χ3n) is 5.27. The number of methoxy groups -OCH3 is 1. The lowest BCUT2D eigenvalue weighted by Gasteiger charge is -2.25. The summed E-state index contributed by atoms with van der Waals surface area (Å²) in [6, 6.07) is 13.5. The molecule has 4 rings (SSSR count). The predicted molar refractivity (Wildman–Crippen MR) is 126 cm³/mol. The van der Waals surface area contributed by atoms with Gasteiger partial charge in [-0.05, 0) is 36.1 Å². The SMILES string of the molecule is COc1c(Cl)cc(Cl)cc1/C(O)=C1\C(=O)C(=O)N(Cc2cccs2)C1c1cccc(C)c1. The highest BCUT2D eigenvalue weighted by Crippen LogP contribution is 2.44. The van der Waals surface area contributed by atoms with Gasteiger partial charge >= 0.3 is 0 Å². The molecule has 0 bridgehead atoms. The fourth-order valence-electron chi connectivity index (χ4n) is 3.89. The normalized spacial score (nSPS) is 17.8. The third kappa shape index (κ3) is 4.01. The standard InChI is InChI=1S/C24H19Cl2NO4S/c1-13-5-3-6-14(9-13)20-19(21(28)17-10-15(25)11-18(26)23(17)31-2)22(29)24(30)27(20)12-16-7-4-8-32-16/h3-11,20,28H,12H2,1-2H3/b21-19+. The number of ketones is 1. The van der Waals surface area contributed by atoms with Crippen LogP contribution < -0.4 is 4.74 Å². The van der Waals surface area contributed by atoms with Gasteiger partial charge in [-0.1, -0.05) is 59.1 Å². The fraction of sp³-hybridized carbons (Fsp3) is 0.167. The topological polar surface area (TPSA) is 66.8 Å². The van der Waals surface area contributed by atoms with E-state index in [1.807, 2.05) is 48.7 Å². The van der Waals surface area contributed by atoms with E-state index in [4.69, 9.17) is 27.9 Å². The molecule has 0 radical (unpaired) electrons. The Hall–Kier alpha value is -2.80. The molecule has 1 unspecified atom stereocenters. The van der Waals surface area contributed by atoms with E-state index in [2.05, 4.69) is 0 Å². The Bertz CT molecular complexity index is 1240. The predicted octanol–water partition coefficient (Wildman–Crippen LogP) is 5.99. The van der Waals surface area contributed by atoms with E-state index in [1.54, 1.807) is 0 Å². The minimum absolute atomic E-state index is 0.0335. The molecule has 1 aliphatic heterocycles. The Morgan fingerprint density at radius 1 is 1.16 bits per heavy atom. The van der Waals surface area contributed by atoms with Crippen LogP contribution in [-0.2, 0) is 16.1 Å². The molecule has 3 aromatic rings. The van der Waals surface area contributed by atoms with E-state index in [0.717, 1.165) is 16.0 Å². The zero-order valence-electron chi connectivity index (χ0n) is 17.3. The molecule has 0 saturated carbocycles. The maximum absolute atomic E-state index is 13.2. The molecule has 2 aromatic carbocycles. The average molecular weight is 488 g/mol. The third-order valence-corrected chi connectivity index (χ3v) is 6.63. The molecule has 1 aliphatic rings. The summed E-state index contributed by atoms with van der Waals surface area (Å²) >= 11 is 13.9. The number of amides is 1. The van der Waals surface area contributed by atoms with Crippen molar-refractivity contribution in [2.75, 3.05) is 7.11 Å². The van der Waals surface area contributed by atoms with Crippen LogP contribution in [0.4, 0.5) is 0 Å². The van der Waals surface area contributed by atoms with E-state index in [1.165, 1.54) is 35.5 Å². The number of ether oxygens (including phenoxy) is 1. The van der Waals surface area contributed by atoms with E-state index in [-0.39, 0.29) is 39.2 Å². The van der Waals surface area contributed by atoms with Crippen molar-refractivity contribution in [3.8, 4) is 5.75 Å². The van der Waals surface area contributed by atoms with Crippen LogP contribution in [0.3, 0.4) is 0 Å². The summed E-state index contributed by atoms with van der Waals surface area (Å²) in [6.07, 6.45) is 0. The number of aliphatic hydroxyl groups is 1. The van der Waals surface area contributed by atoms with Crippen LogP contribution >= 0.6 is 34.5 Å². The Morgan fingerprint density at radius 2 is 1.94 bits per heavy atom. The number of hydrogen-bond donors (Lipinski definition) is 1. The van der Waals surface area contributed by atoms with Gasteiger partial charge in [0.1, 0.15) is 11.5 Å². The van der Waals surface area contributed by atoms with Gasteiger partial charge in [0, 0.05) is 9.90 Å².